The van der Waals surface area contributed by atoms with Crippen molar-refractivity contribution < 1.29 is 4.74 Å². The highest BCUT2D eigenvalue weighted by Crippen LogP contribution is 2.25. The van der Waals surface area contributed by atoms with Gasteiger partial charge in [0.15, 0.2) is 0 Å². The fourth-order valence-corrected chi connectivity index (χ4v) is 4.76. The first-order chi connectivity index (χ1) is 16.8. The van der Waals surface area contributed by atoms with Gasteiger partial charge in [0.2, 0.25) is 5.90 Å². The molecule has 0 saturated carbocycles. The van der Waals surface area contributed by atoms with Gasteiger partial charge in [-0.05, 0) is 86.4 Å². The van der Waals surface area contributed by atoms with E-state index in [0.29, 0.717) is 23.9 Å². The van der Waals surface area contributed by atoms with Crippen molar-refractivity contribution in [3.63, 3.8) is 0 Å². The van der Waals surface area contributed by atoms with Crippen molar-refractivity contribution in [2.75, 3.05) is 13.1 Å². The summed E-state index contributed by atoms with van der Waals surface area (Å²) in [5, 5.41) is 25.1. The van der Waals surface area contributed by atoms with E-state index in [1.54, 1.807) is 6.08 Å². The van der Waals surface area contributed by atoms with Crippen LogP contribution in [0.4, 0.5) is 5.69 Å². The average Bonchev–Trinajstić information content (AvgIpc) is 3.13. The first-order valence-corrected chi connectivity index (χ1v) is 12.2. The SMILES string of the molecule is CC(C)N1CCc2ccc(N=C(N)OC(=N)C(=N)/C=C3/CCCc4ccccc4C3=N)cc2CC1. The fraction of sp³-hybridized carbons (Fsp3) is 0.357. The molecule has 0 bridgehead atoms. The zero-order valence-electron chi connectivity index (χ0n) is 20.5. The highest BCUT2D eigenvalue weighted by Gasteiger charge is 2.19. The van der Waals surface area contributed by atoms with Gasteiger partial charge in [0, 0.05) is 24.7 Å². The van der Waals surface area contributed by atoms with E-state index in [-0.39, 0.29) is 17.6 Å². The minimum Gasteiger partial charge on any atom is -0.405 e. The van der Waals surface area contributed by atoms with Gasteiger partial charge in [-0.1, -0.05) is 30.3 Å². The Balaban J connectivity index is 1.43. The third-order valence-electron chi connectivity index (χ3n) is 6.77. The van der Waals surface area contributed by atoms with Crippen LogP contribution in [0.5, 0.6) is 0 Å². The van der Waals surface area contributed by atoms with Crippen LogP contribution < -0.4 is 5.73 Å². The van der Waals surface area contributed by atoms with E-state index in [1.165, 1.54) is 11.1 Å². The number of allylic oxidation sites excluding steroid dienone is 1. The first-order valence-electron chi connectivity index (χ1n) is 12.2. The zero-order valence-corrected chi connectivity index (χ0v) is 20.5. The summed E-state index contributed by atoms with van der Waals surface area (Å²) >= 11 is 0. The number of benzene rings is 2. The van der Waals surface area contributed by atoms with Crippen molar-refractivity contribution in [3.8, 4) is 0 Å². The monoisotopic (exact) mass is 470 g/mol. The Morgan fingerprint density at radius 2 is 1.74 bits per heavy atom. The number of nitrogens with zero attached hydrogens (tertiary/aromatic N) is 2. The van der Waals surface area contributed by atoms with Gasteiger partial charge in [-0.25, -0.2) is 0 Å². The van der Waals surface area contributed by atoms with E-state index in [9.17, 15) is 0 Å². The molecule has 0 fully saturated rings. The molecule has 4 rings (SSSR count). The molecule has 7 heteroatoms. The predicted octanol–water partition coefficient (Wildman–Crippen LogP) is 4.79. The normalized spacial score (nSPS) is 18.0. The number of fused-ring (bicyclic) bond motifs is 2. The van der Waals surface area contributed by atoms with E-state index in [0.717, 1.165) is 55.5 Å². The molecule has 0 spiro atoms. The van der Waals surface area contributed by atoms with E-state index >= 15 is 0 Å². The molecule has 182 valence electrons. The molecule has 0 saturated heterocycles. The van der Waals surface area contributed by atoms with Gasteiger partial charge in [0.1, 0.15) is 5.71 Å². The maximum absolute atomic E-state index is 8.59. The Labute approximate surface area is 207 Å². The summed E-state index contributed by atoms with van der Waals surface area (Å²) in [5.74, 6) is -0.383. The first kappa shape index (κ1) is 24.5. The van der Waals surface area contributed by atoms with Gasteiger partial charge < -0.3 is 15.4 Å². The van der Waals surface area contributed by atoms with Crippen LogP contribution in [-0.2, 0) is 24.0 Å². The van der Waals surface area contributed by atoms with Crippen LogP contribution in [0.2, 0.25) is 0 Å². The van der Waals surface area contributed by atoms with Crippen molar-refractivity contribution in [2.24, 2.45) is 10.7 Å². The molecule has 2 aliphatic rings. The maximum atomic E-state index is 8.59. The number of nitrogens with one attached hydrogen (secondary N) is 3. The molecule has 0 unspecified atom stereocenters. The summed E-state index contributed by atoms with van der Waals surface area (Å²) in [6.07, 6.45) is 5.98. The van der Waals surface area contributed by atoms with Gasteiger partial charge in [-0.15, -0.1) is 0 Å². The van der Waals surface area contributed by atoms with E-state index in [1.807, 2.05) is 36.4 Å². The van der Waals surface area contributed by atoms with Crippen LogP contribution in [0.1, 0.15) is 48.9 Å². The van der Waals surface area contributed by atoms with Gasteiger partial charge in [-0.2, -0.15) is 4.99 Å². The highest BCUT2D eigenvalue weighted by atomic mass is 16.5. The van der Waals surface area contributed by atoms with Crippen molar-refractivity contribution in [3.05, 3.63) is 76.4 Å². The smallest absolute Gasteiger partial charge is 0.294 e. The molecule has 2 aromatic carbocycles. The Kier molecular flexibility index (Phi) is 7.56. The summed E-state index contributed by atoms with van der Waals surface area (Å²) in [7, 11) is 0. The number of ether oxygens (including phenoxy) is 1. The molecular formula is C28H34N6O. The minimum absolute atomic E-state index is 0.127. The third kappa shape index (κ3) is 5.92. The molecule has 5 N–H and O–H groups in total. The number of hydrogen-bond donors (Lipinski definition) is 4. The van der Waals surface area contributed by atoms with Crippen LogP contribution in [0.15, 0.2) is 59.1 Å². The van der Waals surface area contributed by atoms with Gasteiger partial charge in [0.25, 0.3) is 6.02 Å². The Hall–Kier alpha value is -3.58. The number of aliphatic imine (C=N–C) groups is 1. The molecular weight excluding hydrogens is 436 g/mol. The number of rotatable bonds is 4. The highest BCUT2D eigenvalue weighted by molar-refractivity contribution is 6.43. The lowest BCUT2D eigenvalue weighted by molar-refractivity contribution is 0.233. The van der Waals surface area contributed by atoms with Crippen LogP contribution in [0, 0.1) is 16.2 Å². The quantitative estimate of drug-likeness (QED) is 0.292. The fourth-order valence-electron chi connectivity index (χ4n) is 4.76. The Bertz CT molecular complexity index is 1210. The van der Waals surface area contributed by atoms with E-state index < -0.39 is 0 Å². The lowest BCUT2D eigenvalue weighted by Gasteiger charge is -2.23. The summed E-state index contributed by atoms with van der Waals surface area (Å²) in [6.45, 7) is 6.52. The van der Waals surface area contributed by atoms with Crippen molar-refractivity contribution in [2.45, 2.75) is 52.0 Å². The van der Waals surface area contributed by atoms with Gasteiger partial charge >= 0.3 is 0 Å². The molecule has 1 heterocycles. The summed E-state index contributed by atoms with van der Waals surface area (Å²) < 4.78 is 5.37. The summed E-state index contributed by atoms with van der Waals surface area (Å²) in [5.41, 5.74) is 12.3. The van der Waals surface area contributed by atoms with Gasteiger partial charge in [0.05, 0.1) is 11.4 Å². The van der Waals surface area contributed by atoms with Crippen LogP contribution >= 0.6 is 0 Å². The van der Waals surface area contributed by atoms with E-state index in [4.69, 9.17) is 26.7 Å². The molecule has 0 amide bonds. The topological polar surface area (TPSA) is 122 Å². The number of aryl methyl sites for hydroxylation is 1. The molecule has 1 aliphatic carbocycles. The number of hydrogen-bond acceptors (Lipinski definition) is 6. The van der Waals surface area contributed by atoms with Crippen molar-refractivity contribution in [1.29, 1.82) is 16.2 Å². The van der Waals surface area contributed by atoms with Crippen LogP contribution in [0.25, 0.3) is 0 Å². The van der Waals surface area contributed by atoms with Crippen LogP contribution in [0.3, 0.4) is 0 Å². The maximum Gasteiger partial charge on any atom is 0.294 e. The van der Waals surface area contributed by atoms with Crippen molar-refractivity contribution >= 4 is 29.0 Å². The van der Waals surface area contributed by atoms with Crippen LogP contribution in [-0.4, -0.2) is 47.4 Å². The predicted molar refractivity (Wildman–Crippen MR) is 143 cm³/mol. The molecule has 0 atom stereocenters. The molecule has 0 aromatic heterocycles. The molecule has 2 aromatic rings. The third-order valence-corrected chi connectivity index (χ3v) is 6.77. The second kappa shape index (κ2) is 10.8. The number of amidine groups is 1. The van der Waals surface area contributed by atoms with Crippen molar-refractivity contribution in [1.82, 2.24) is 4.90 Å². The molecule has 35 heavy (non-hydrogen) atoms. The zero-order chi connectivity index (χ0) is 24.9. The second-order valence-corrected chi connectivity index (χ2v) is 9.43. The molecule has 0 radical (unpaired) electrons. The summed E-state index contributed by atoms with van der Waals surface area (Å²) in [6, 6.07) is 14.3. The molecule has 1 aliphatic heterocycles. The summed E-state index contributed by atoms with van der Waals surface area (Å²) in [4.78, 5) is 6.82. The largest absolute Gasteiger partial charge is 0.405 e. The lowest BCUT2D eigenvalue weighted by atomic mass is 9.98. The standard InChI is InChI=1S/C28H34N6O/c1-18(2)34-14-12-19-10-11-23(16-21(19)13-15-34)33-28(32)35-27(31)25(29)17-22-8-5-7-20-6-3-4-9-24(20)26(22)30/h3-4,6,9-11,16-18,29-31H,5,7-8,12-15H2,1-2H3,(H2,32,33)/b22-17-,29-25?,30-26?,31-27?. The minimum atomic E-state index is -0.383. The second-order valence-electron chi connectivity index (χ2n) is 9.43. The molecule has 7 nitrogen and oxygen atoms in total. The Morgan fingerprint density at radius 1 is 1.00 bits per heavy atom. The average molecular weight is 471 g/mol. The van der Waals surface area contributed by atoms with Gasteiger partial charge in [-0.3, -0.25) is 16.2 Å². The number of nitrogens with two attached hydrogens (primary N) is 1. The van der Waals surface area contributed by atoms with E-state index in [2.05, 4.69) is 29.8 Å². The Morgan fingerprint density at radius 3 is 2.51 bits per heavy atom. The lowest BCUT2D eigenvalue weighted by Crippen LogP contribution is -2.32.